The third kappa shape index (κ3) is 6.08. The molecule has 0 radical (unpaired) electrons. The van der Waals surface area contributed by atoms with Gasteiger partial charge in [0, 0.05) is 28.4 Å². The van der Waals surface area contributed by atoms with E-state index in [0.717, 1.165) is 10.5 Å². The summed E-state index contributed by atoms with van der Waals surface area (Å²) in [6, 6.07) is 17.5. The summed E-state index contributed by atoms with van der Waals surface area (Å²) in [6.45, 7) is 3.57. The van der Waals surface area contributed by atoms with Gasteiger partial charge in [0.25, 0.3) is 15.7 Å². The summed E-state index contributed by atoms with van der Waals surface area (Å²) >= 11 is 1.29. The molecule has 1 amide bonds. The summed E-state index contributed by atoms with van der Waals surface area (Å²) in [5.41, 5.74) is 2.47. The molecule has 2 N–H and O–H groups in total. The van der Waals surface area contributed by atoms with Crippen LogP contribution >= 0.6 is 11.8 Å². The Hall–Kier alpha value is -3.37. The van der Waals surface area contributed by atoms with E-state index in [1.807, 2.05) is 6.92 Å². The van der Waals surface area contributed by atoms with Crippen molar-refractivity contribution in [2.24, 2.45) is 0 Å². The fraction of sp³-hybridized carbons (Fsp3) is 0.136. The molecule has 3 aromatic rings. The number of carbonyl (C=O) groups is 1. The third-order valence-electron chi connectivity index (χ3n) is 4.50. The van der Waals surface area contributed by atoms with Crippen molar-refractivity contribution in [3.8, 4) is 0 Å². The van der Waals surface area contributed by atoms with E-state index in [1.54, 1.807) is 55.5 Å². The van der Waals surface area contributed by atoms with Gasteiger partial charge in [0.2, 0.25) is 5.91 Å². The SMILES string of the molecule is Cc1ccc(S(=O)(=O)Nc2ccc(SCC(=O)Nc3ccc([N+](=O)[O-])cc3C)cc2)cc1. The zero-order valence-corrected chi connectivity index (χ0v) is 19.0. The highest BCUT2D eigenvalue weighted by Gasteiger charge is 2.14. The van der Waals surface area contributed by atoms with Gasteiger partial charge in [-0.1, -0.05) is 17.7 Å². The van der Waals surface area contributed by atoms with E-state index in [1.165, 1.54) is 30.0 Å². The first-order valence-electron chi connectivity index (χ1n) is 9.51. The average molecular weight is 472 g/mol. The molecular weight excluding hydrogens is 450 g/mol. The lowest BCUT2D eigenvalue weighted by Gasteiger charge is -2.10. The van der Waals surface area contributed by atoms with Crippen molar-refractivity contribution in [1.29, 1.82) is 0 Å². The number of carbonyl (C=O) groups excluding carboxylic acids is 1. The highest BCUT2D eigenvalue weighted by Crippen LogP contribution is 2.24. The molecule has 3 rings (SSSR count). The van der Waals surface area contributed by atoms with Crippen LogP contribution in [0.2, 0.25) is 0 Å². The fourth-order valence-corrected chi connectivity index (χ4v) is 4.54. The van der Waals surface area contributed by atoms with E-state index in [0.29, 0.717) is 16.9 Å². The van der Waals surface area contributed by atoms with Gasteiger partial charge < -0.3 is 5.32 Å². The second-order valence-electron chi connectivity index (χ2n) is 7.04. The third-order valence-corrected chi connectivity index (χ3v) is 6.91. The molecule has 0 unspecified atom stereocenters. The standard InChI is InChI=1S/C22H21N3O5S2/c1-15-3-10-20(11-4-15)32(29,30)24-17-5-8-19(9-6-17)31-14-22(26)23-21-12-7-18(25(27)28)13-16(21)2/h3-13,24H,14H2,1-2H3,(H,23,26). The van der Waals surface area contributed by atoms with Crippen molar-refractivity contribution >= 4 is 44.8 Å². The Balaban J connectivity index is 1.56. The number of rotatable bonds is 8. The number of anilines is 2. The molecule has 0 aliphatic rings. The first kappa shape index (κ1) is 23.3. The van der Waals surface area contributed by atoms with E-state index in [-0.39, 0.29) is 22.2 Å². The van der Waals surface area contributed by atoms with Crippen LogP contribution in [0.5, 0.6) is 0 Å². The van der Waals surface area contributed by atoms with E-state index < -0.39 is 14.9 Å². The van der Waals surface area contributed by atoms with Crippen LogP contribution in [0.1, 0.15) is 11.1 Å². The van der Waals surface area contributed by atoms with Gasteiger partial charge in [-0.25, -0.2) is 8.42 Å². The summed E-state index contributed by atoms with van der Waals surface area (Å²) < 4.78 is 27.5. The second-order valence-corrected chi connectivity index (χ2v) is 9.77. The van der Waals surface area contributed by atoms with Crippen LogP contribution in [-0.4, -0.2) is 25.0 Å². The van der Waals surface area contributed by atoms with Gasteiger partial charge in [-0.2, -0.15) is 0 Å². The van der Waals surface area contributed by atoms with Crippen LogP contribution in [-0.2, 0) is 14.8 Å². The number of hydrogen-bond donors (Lipinski definition) is 2. The summed E-state index contributed by atoms with van der Waals surface area (Å²) in [6.07, 6.45) is 0. The second kappa shape index (κ2) is 9.84. The van der Waals surface area contributed by atoms with Gasteiger partial charge in [-0.05, 0) is 61.9 Å². The van der Waals surface area contributed by atoms with Crippen LogP contribution < -0.4 is 10.0 Å². The van der Waals surface area contributed by atoms with Crippen molar-refractivity contribution in [1.82, 2.24) is 0 Å². The fourth-order valence-electron chi connectivity index (χ4n) is 2.79. The number of benzene rings is 3. The first-order valence-corrected chi connectivity index (χ1v) is 12.0. The number of hydrogen-bond acceptors (Lipinski definition) is 6. The van der Waals surface area contributed by atoms with Gasteiger partial charge in [0.1, 0.15) is 0 Å². The zero-order valence-electron chi connectivity index (χ0n) is 17.4. The minimum atomic E-state index is -3.68. The molecule has 0 saturated heterocycles. The Morgan fingerprint density at radius 2 is 1.66 bits per heavy atom. The maximum atomic E-state index is 12.5. The number of aryl methyl sites for hydroxylation is 2. The Morgan fingerprint density at radius 1 is 1.00 bits per heavy atom. The maximum absolute atomic E-state index is 12.5. The lowest BCUT2D eigenvalue weighted by Crippen LogP contribution is -2.15. The van der Waals surface area contributed by atoms with E-state index in [9.17, 15) is 23.3 Å². The Labute approximate surface area is 190 Å². The number of nitro benzene ring substituents is 1. The van der Waals surface area contributed by atoms with Crippen LogP contribution in [0.3, 0.4) is 0 Å². The Kier molecular flexibility index (Phi) is 7.16. The van der Waals surface area contributed by atoms with E-state index >= 15 is 0 Å². The molecule has 10 heteroatoms. The molecule has 0 heterocycles. The highest BCUT2D eigenvalue weighted by atomic mass is 32.2. The number of amides is 1. The number of non-ortho nitro benzene ring substituents is 1. The van der Waals surface area contributed by atoms with Crippen molar-refractivity contribution in [2.75, 3.05) is 15.8 Å². The lowest BCUT2D eigenvalue weighted by atomic mass is 10.2. The van der Waals surface area contributed by atoms with Gasteiger partial charge in [-0.15, -0.1) is 11.8 Å². The van der Waals surface area contributed by atoms with Gasteiger partial charge in [-0.3, -0.25) is 19.6 Å². The summed E-state index contributed by atoms with van der Waals surface area (Å²) in [5.74, 6) is -0.124. The topological polar surface area (TPSA) is 118 Å². The van der Waals surface area contributed by atoms with Crippen molar-refractivity contribution in [2.45, 2.75) is 23.6 Å². The molecule has 0 fully saturated rings. The Morgan fingerprint density at radius 3 is 2.25 bits per heavy atom. The molecule has 0 aliphatic carbocycles. The van der Waals surface area contributed by atoms with E-state index in [4.69, 9.17) is 0 Å². The number of nitrogens with zero attached hydrogens (tertiary/aromatic N) is 1. The molecule has 32 heavy (non-hydrogen) atoms. The molecular formula is C22H21N3O5S2. The molecule has 0 spiro atoms. The van der Waals surface area contributed by atoms with Gasteiger partial charge >= 0.3 is 0 Å². The van der Waals surface area contributed by atoms with Crippen molar-refractivity contribution < 1.29 is 18.1 Å². The van der Waals surface area contributed by atoms with Gasteiger partial charge in [0.05, 0.1) is 15.6 Å². The van der Waals surface area contributed by atoms with Crippen LogP contribution in [0.25, 0.3) is 0 Å². The Bertz CT molecular complexity index is 1240. The lowest BCUT2D eigenvalue weighted by molar-refractivity contribution is -0.384. The molecule has 166 valence electrons. The molecule has 0 aromatic heterocycles. The minimum Gasteiger partial charge on any atom is -0.325 e. The maximum Gasteiger partial charge on any atom is 0.269 e. The van der Waals surface area contributed by atoms with Crippen LogP contribution in [0.4, 0.5) is 17.1 Å². The van der Waals surface area contributed by atoms with Crippen LogP contribution in [0.15, 0.2) is 76.5 Å². The first-order chi connectivity index (χ1) is 15.1. The monoisotopic (exact) mass is 471 g/mol. The molecule has 0 saturated carbocycles. The average Bonchev–Trinajstić information content (AvgIpc) is 2.74. The molecule has 0 aliphatic heterocycles. The van der Waals surface area contributed by atoms with Crippen molar-refractivity contribution in [3.05, 3.63) is 88.0 Å². The number of nitrogens with one attached hydrogen (secondary N) is 2. The predicted octanol–water partition coefficient (Wildman–Crippen LogP) is 4.74. The number of sulfonamides is 1. The summed E-state index contributed by atoms with van der Waals surface area (Å²) in [7, 11) is -3.68. The number of thioether (sulfide) groups is 1. The molecule has 0 bridgehead atoms. The minimum absolute atomic E-state index is 0.0343. The summed E-state index contributed by atoms with van der Waals surface area (Å²) in [5, 5.41) is 13.5. The van der Waals surface area contributed by atoms with Crippen molar-refractivity contribution in [3.63, 3.8) is 0 Å². The quantitative estimate of drug-likeness (QED) is 0.278. The smallest absolute Gasteiger partial charge is 0.269 e. The van der Waals surface area contributed by atoms with Crippen LogP contribution in [0, 0.1) is 24.0 Å². The van der Waals surface area contributed by atoms with Gasteiger partial charge in [0.15, 0.2) is 0 Å². The molecule has 8 nitrogen and oxygen atoms in total. The molecule has 0 atom stereocenters. The van der Waals surface area contributed by atoms with E-state index in [2.05, 4.69) is 10.0 Å². The predicted molar refractivity (Wildman–Crippen MR) is 126 cm³/mol. The summed E-state index contributed by atoms with van der Waals surface area (Å²) in [4.78, 5) is 23.5. The normalized spacial score (nSPS) is 11.1. The number of nitro groups is 1. The largest absolute Gasteiger partial charge is 0.325 e. The molecule has 3 aromatic carbocycles. The zero-order chi connectivity index (χ0) is 23.3. The highest BCUT2D eigenvalue weighted by molar-refractivity contribution is 8.00.